The number of fused-ring (bicyclic) bond motifs is 1. The molecular formula is C19H22N2O3S. The number of carbonyl (C=O) groups excluding carboxylic acids is 1. The van der Waals surface area contributed by atoms with Gasteiger partial charge in [-0.15, -0.1) is 0 Å². The fourth-order valence-corrected chi connectivity index (χ4v) is 4.39. The standard InChI is InChI=1S/C19H22N2O3S/c22-18(11-14-6-10-25-13-14)21-8-4-17(19-16(21)5-9-23-19)24-12-15-3-1-2-7-20-15/h1-3,6-7,10,13,16-17,19H,4-5,8-9,11-12H2/t16-,17+,19-/m0/s1. The van der Waals surface area contributed by atoms with Gasteiger partial charge in [-0.25, -0.2) is 0 Å². The molecule has 2 fully saturated rings. The largest absolute Gasteiger partial charge is 0.373 e. The Labute approximate surface area is 151 Å². The van der Waals surface area contributed by atoms with E-state index in [1.807, 2.05) is 39.9 Å². The topological polar surface area (TPSA) is 51.7 Å². The van der Waals surface area contributed by atoms with Gasteiger partial charge in [-0.1, -0.05) is 6.07 Å². The first-order valence-electron chi connectivity index (χ1n) is 8.75. The van der Waals surface area contributed by atoms with Crippen LogP contribution in [0.25, 0.3) is 0 Å². The molecule has 0 radical (unpaired) electrons. The van der Waals surface area contributed by atoms with Crippen LogP contribution in [0.2, 0.25) is 0 Å². The molecule has 2 aliphatic rings. The molecular weight excluding hydrogens is 336 g/mol. The fraction of sp³-hybridized carbons (Fsp3) is 0.474. The van der Waals surface area contributed by atoms with Crippen molar-refractivity contribution in [3.63, 3.8) is 0 Å². The second kappa shape index (κ2) is 7.64. The van der Waals surface area contributed by atoms with Gasteiger partial charge < -0.3 is 14.4 Å². The van der Waals surface area contributed by atoms with Crippen LogP contribution >= 0.6 is 11.3 Å². The molecule has 2 aromatic heterocycles. The van der Waals surface area contributed by atoms with E-state index in [0.29, 0.717) is 19.6 Å². The Bertz CT molecular complexity index is 692. The molecule has 0 unspecified atom stereocenters. The molecule has 2 saturated heterocycles. The van der Waals surface area contributed by atoms with Gasteiger partial charge in [0.15, 0.2) is 0 Å². The zero-order valence-electron chi connectivity index (χ0n) is 14.0. The minimum Gasteiger partial charge on any atom is -0.373 e. The molecule has 2 aliphatic heterocycles. The van der Waals surface area contributed by atoms with E-state index in [4.69, 9.17) is 9.47 Å². The van der Waals surface area contributed by atoms with Crippen molar-refractivity contribution in [1.82, 2.24) is 9.88 Å². The molecule has 0 saturated carbocycles. The number of piperidine rings is 1. The molecule has 1 amide bonds. The van der Waals surface area contributed by atoms with Gasteiger partial charge in [-0.05, 0) is 47.4 Å². The molecule has 4 rings (SSSR count). The van der Waals surface area contributed by atoms with Crippen LogP contribution in [0.3, 0.4) is 0 Å². The molecule has 5 nitrogen and oxygen atoms in total. The number of rotatable bonds is 5. The summed E-state index contributed by atoms with van der Waals surface area (Å²) < 4.78 is 12.0. The van der Waals surface area contributed by atoms with E-state index in [1.165, 1.54) is 0 Å². The molecule has 132 valence electrons. The van der Waals surface area contributed by atoms with Crippen LogP contribution in [0.5, 0.6) is 0 Å². The summed E-state index contributed by atoms with van der Waals surface area (Å²) in [5.41, 5.74) is 2.02. The van der Waals surface area contributed by atoms with Crippen LogP contribution in [0.15, 0.2) is 41.2 Å². The monoisotopic (exact) mass is 358 g/mol. The molecule has 0 aliphatic carbocycles. The Morgan fingerprint density at radius 3 is 3.12 bits per heavy atom. The van der Waals surface area contributed by atoms with Crippen molar-refractivity contribution in [2.75, 3.05) is 13.2 Å². The molecule has 2 aromatic rings. The Morgan fingerprint density at radius 1 is 1.36 bits per heavy atom. The van der Waals surface area contributed by atoms with Gasteiger partial charge in [0.05, 0.1) is 30.9 Å². The van der Waals surface area contributed by atoms with Crippen LogP contribution in [-0.4, -0.2) is 47.2 Å². The summed E-state index contributed by atoms with van der Waals surface area (Å²) in [4.78, 5) is 19.0. The van der Waals surface area contributed by atoms with Gasteiger partial charge >= 0.3 is 0 Å². The third-order valence-corrected chi connectivity index (χ3v) is 5.68. The quantitative estimate of drug-likeness (QED) is 0.825. The lowest BCUT2D eigenvalue weighted by Crippen LogP contribution is -2.55. The first kappa shape index (κ1) is 16.7. The van der Waals surface area contributed by atoms with E-state index in [9.17, 15) is 4.79 Å². The van der Waals surface area contributed by atoms with Gasteiger partial charge in [0.25, 0.3) is 0 Å². The normalized spacial score (nSPS) is 25.8. The SMILES string of the molecule is O=C(Cc1ccsc1)N1CC[C@@H](OCc2ccccn2)[C@H]2OCC[C@@H]21. The number of hydrogen-bond donors (Lipinski definition) is 0. The fourth-order valence-electron chi connectivity index (χ4n) is 3.72. The Balaban J connectivity index is 1.38. The first-order valence-corrected chi connectivity index (χ1v) is 9.69. The van der Waals surface area contributed by atoms with E-state index in [-0.39, 0.29) is 24.2 Å². The number of hydrogen-bond acceptors (Lipinski definition) is 5. The summed E-state index contributed by atoms with van der Waals surface area (Å²) >= 11 is 1.63. The van der Waals surface area contributed by atoms with Crippen molar-refractivity contribution in [3.8, 4) is 0 Å². The van der Waals surface area contributed by atoms with Gasteiger partial charge in [0.2, 0.25) is 5.91 Å². The summed E-state index contributed by atoms with van der Waals surface area (Å²) in [5.74, 6) is 0.196. The van der Waals surface area contributed by atoms with Gasteiger partial charge in [-0.3, -0.25) is 9.78 Å². The summed E-state index contributed by atoms with van der Waals surface area (Å²) in [6.07, 6.45) is 3.96. The number of aromatic nitrogens is 1. The Hall–Kier alpha value is -1.76. The van der Waals surface area contributed by atoms with Gasteiger partial charge in [0.1, 0.15) is 6.10 Å². The lowest BCUT2D eigenvalue weighted by molar-refractivity contribution is -0.145. The lowest BCUT2D eigenvalue weighted by Gasteiger charge is -2.41. The van der Waals surface area contributed by atoms with Crippen LogP contribution in [0.1, 0.15) is 24.1 Å². The summed E-state index contributed by atoms with van der Waals surface area (Å²) in [7, 11) is 0. The lowest BCUT2D eigenvalue weighted by atomic mass is 9.95. The van der Waals surface area contributed by atoms with Crippen LogP contribution in [-0.2, 0) is 27.3 Å². The highest BCUT2D eigenvalue weighted by Crippen LogP contribution is 2.31. The summed E-state index contributed by atoms with van der Waals surface area (Å²) in [6.45, 7) is 1.92. The zero-order valence-corrected chi connectivity index (χ0v) is 14.9. The van der Waals surface area contributed by atoms with Crippen molar-refractivity contribution >= 4 is 17.2 Å². The van der Waals surface area contributed by atoms with Crippen molar-refractivity contribution in [2.24, 2.45) is 0 Å². The zero-order chi connectivity index (χ0) is 17.1. The molecule has 6 heteroatoms. The Kier molecular flexibility index (Phi) is 5.10. The molecule has 3 atom stereocenters. The minimum atomic E-state index is -0.0242. The third kappa shape index (κ3) is 3.76. The molecule has 25 heavy (non-hydrogen) atoms. The third-order valence-electron chi connectivity index (χ3n) is 4.95. The maximum Gasteiger partial charge on any atom is 0.227 e. The Morgan fingerprint density at radius 2 is 2.32 bits per heavy atom. The highest BCUT2D eigenvalue weighted by Gasteiger charge is 2.44. The van der Waals surface area contributed by atoms with E-state index >= 15 is 0 Å². The van der Waals surface area contributed by atoms with Crippen LogP contribution in [0, 0.1) is 0 Å². The van der Waals surface area contributed by atoms with Crippen molar-refractivity contribution in [3.05, 3.63) is 52.5 Å². The summed E-state index contributed by atoms with van der Waals surface area (Å²) in [5, 5.41) is 4.06. The molecule has 0 aromatic carbocycles. The van der Waals surface area contributed by atoms with Gasteiger partial charge in [-0.2, -0.15) is 11.3 Å². The van der Waals surface area contributed by atoms with E-state index in [1.54, 1.807) is 17.5 Å². The highest BCUT2D eigenvalue weighted by molar-refractivity contribution is 7.08. The number of ether oxygens (including phenoxy) is 2. The highest BCUT2D eigenvalue weighted by atomic mass is 32.1. The minimum absolute atomic E-state index is 0.0242. The second-order valence-electron chi connectivity index (χ2n) is 6.55. The summed E-state index contributed by atoms with van der Waals surface area (Å²) in [6, 6.07) is 7.98. The predicted molar refractivity (Wildman–Crippen MR) is 95.3 cm³/mol. The number of amides is 1. The number of likely N-dealkylation sites (tertiary alicyclic amines) is 1. The molecule has 0 bridgehead atoms. The predicted octanol–water partition coefficient (Wildman–Crippen LogP) is 2.66. The van der Waals surface area contributed by atoms with Crippen LogP contribution < -0.4 is 0 Å². The van der Waals surface area contributed by atoms with Crippen molar-refractivity contribution < 1.29 is 14.3 Å². The maximum atomic E-state index is 12.7. The van der Waals surface area contributed by atoms with Crippen molar-refractivity contribution in [1.29, 1.82) is 0 Å². The maximum absolute atomic E-state index is 12.7. The first-order chi connectivity index (χ1) is 12.3. The number of carbonyl (C=O) groups is 1. The number of thiophene rings is 1. The van der Waals surface area contributed by atoms with E-state index < -0.39 is 0 Å². The van der Waals surface area contributed by atoms with Gasteiger partial charge in [0, 0.05) is 19.3 Å². The molecule has 4 heterocycles. The average Bonchev–Trinajstić information content (AvgIpc) is 3.32. The molecule has 0 N–H and O–H groups in total. The smallest absolute Gasteiger partial charge is 0.227 e. The molecule has 0 spiro atoms. The van der Waals surface area contributed by atoms with E-state index in [0.717, 1.165) is 30.6 Å². The van der Waals surface area contributed by atoms with Crippen molar-refractivity contribution in [2.45, 2.75) is 44.1 Å². The van der Waals surface area contributed by atoms with Crippen LogP contribution in [0.4, 0.5) is 0 Å². The van der Waals surface area contributed by atoms with E-state index in [2.05, 4.69) is 4.98 Å². The second-order valence-corrected chi connectivity index (χ2v) is 7.33. The number of nitrogens with zero attached hydrogens (tertiary/aromatic N) is 2. The average molecular weight is 358 g/mol. The number of pyridine rings is 1.